The summed E-state index contributed by atoms with van der Waals surface area (Å²) in [5.74, 6) is -0.430. The monoisotopic (exact) mass is 407 g/mol. The van der Waals surface area contributed by atoms with Gasteiger partial charge >= 0.3 is 0 Å². The van der Waals surface area contributed by atoms with Crippen LogP contribution in [0.15, 0.2) is 77.4 Å². The predicted molar refractivity (Wildman–Crippen MR) is 110 cm³/mol. The van der Waals surface area contributed by atoms with Crippen LogP contribution in [-0.4, -0.2) is 16.8 Å². The molecular weight excluding hydrogens is 390 g/mol. The second-order valence-electron chi connectivity index (χ2n) is 6.89. The van der Waals surface area contributed by atoms with E-state index in [9.17, 15) is 14.7 Å². The van der Waals surface area contributed by atoms with Gasteiger partial charge in [-0.25, -0.2) is 0 Å². The number of halogens is 1. The van der Waals surface area contributed by atoms with Crippen molar-refractivity contribution in [3.63, 3.8) is 0 Å². The van der Waals surface area contributed by atoms with E-state index in [-0.39, 0.29) is 13.0 Å². The molecule has 6 heteroatoms. The summed E-state index contributed by atoms with van der Waals surface area (Å²) in [7, 11) is 0. The third-order valence-electron chi connectivity index (χ3n) is 4.88. The molecule has 0 radical (unpaired) electrons. The predicted octanol–water partition coefficient (Wildman–Crippen LogP) is 4.34. The summed E-state index contributed by atoms with van der Waals surface area (Å²) in [5.41, 5.74) is -0.172. The number of ketones is 1. The fourth-order valence-corrected chi connectivity index (χ4v) is 3.66. The Balaban J connectivity index is 1.64. The van der Waals surface area contributed by atoms with Crippen molar-refractivity contribution in [1.29, 1.82) is 0 Å². The molecule has 0 aliphatic carbocycles. The van der Waals surface area contributed by atoms with Crippen LogP contribution in [0.4, 0.5) is 5.69 Å². The Morgan fingerprint density at radius 1 is 1.14 bits per heavy atom. The number of amides is 1. The number of hydrogen-bond donors (Lipinski definition) is 1. The number of anilines is 1. The number of carbonyl (C=O) groups excluding carboxylic acids is 2. The summed E-state index contributed by atoms with van der Waals surface area (Å²) in [6.45, 7) is 0.285. The summed E-state index contributed by atoms with van der Waals surface area (Å²) in [6.07, 6.45) is 3.92. The number of rotatable bonds is 6. The molecule has 29 heavy (non-hydrogen) atoms. The number of hydrogen-bond acceptors (Lipinski definition) is 4. The number of allylic oxidation sites excluding steroid dienone is 1. The maximum Gasteiger partial charge on any atom is 0.264 e. The van der Waals surface area contributed by atoms with Gasteiger partial charge in [0.1, 0.15) is 5.76 Å². The molecule has 1 N–H and O–H groups in total. The zero-order chi connectivity index (χ0) is 20.4. The maximum absolute atomic E-state index is 13.2. The maximum atomic E-state index is 13.2. The summed E-state index contributed by atoms with van der Waals surface area (Å²) < 4.78 is 5.16. The highest BCUT2D eigenvalue weighted by molar-refractivity contribution is 6.31. The van der Waals surface area contributed by atoms with Crippen molar-refractivity contribution in [2.24, 2.45) is 0 Å². The van der Waals surface area contributed by atoms with Crippen molar-refractivity contribution in [3.05, 3.63) is 94.9 Å². The zero-order valence-corrected chi connectivity index (χ0v) is 16.2. The minimum atomic E-state index is -1.97. The van der Waals surface area contributed by atoms with Gasteiger partial charge in [0.05, 0.1) is 24.9 Å². The van der Waals surface area contributed by atoms with Crippen LogP contribution >= 0.6 is 11.6 Å². The van der Waals surface area contributed by atoms with Crippen molar-refractivity contribution < 1.29 is 19.1 Å². The zero-order valence-electron chi connectivity index (χ0n) is 15.4. The highest BCUT2D eigenvalue weighted by Gasteiger charge is 2.50. The second kappa shape index (κ2) is 7.70. The molecule has 2 aromatic carbocycles. The molecule has 0 saturated heterocycles. The molecule has 0 bridgehead atoms. The van der Waals surface area contributed by atoms with Crippen LogP contribution in [0.3, 0.4) is 0 Å². The molecule has 4 rings (SSSR count). The Labute approximate surface area is 172 Å². The van der Waals surface area contributed by atoms with Gasteiger partial charge < -0.3 is 14.4 Å². The van der Waals surface area contributed by atoms with Crippen LogP contribution in [0, 0.1) is 0 Å². The minimum Gasteiger partial charge on any atom is -0.465 e. The standard InChI is InChI=1S/C23H18ClNO4/c24-17-8-11-21-20(13-17)23(28,14-18(26)9-10-19-7-4-12-29-19)22(27)25(21)15-16-5-2-1-3-6-16/h1-13,28H,14-15H2/b10-9-/t23-/m1/s1. The number of furan rings is 1. The SMILES string of the molecule is O=C(/C=C\c1ccco1)C[C@]1(O)C(=O)N(Cc2ccccc2)c2ccc(Cl)cc21. The van der Waals surface area contributed by atoms with E-state index < -0.39 is 17.3 Å². The largest absolute Gasteiger partial charge is 0.465 e. The molecule has 1 aliphatic rings. The van der Waals surface area contributed by atoms with E-state index in [1.54, 1.807) is 30.3 Å². The molecule has 0 unspecified atom stereocenters. The van der Waals surface area contributed by atoms with E-state index in [2.05, 4.69) is 0 Å². The number of carbonyl (C=O) groups is 2. The smallest absolute Gasteiger partial charge is 0.264 e. The fourth-order valence-electron chi connectivity index (χ4n) is 3.49. The highest BCUT2D eigenvalue weighted by Crippen LogP contribution is 2.44. The summed E-state index contributed by atoms with van der Waals surface area (Å²) in [4.78, 5) is 27.2. The lowest BCUT2D eigenvalue weighted by molar-refractivity contribution is -0.140. The van der Waals surface area contributed by atoms with Gasteiger partial charge in [0, 0.05) is 10.6 Å². The number of fused-ring (bicyclic) bond motifs is 1. The molecule has 3 aromatic rings. The van der Waals surface area contributed by atoms with Crippen molar-refractivity contribution in [3.8, 4) is 0 Å². The van der Waals surface area contributed by atoms with Gasteiger partial charge in [0.25, 0.3) is 5.91 Å². The van der Waals surface area contributed by atoms with E-state index in [0.29, 0.717) is 22.0 Å². The van der Waals surface area contributed by atoms with Crippen LogP contribution in [0.1, 0.15) is 23.3 Å². The molecule has 1 aliphatic heterocycles. The first kappa shape index (κ1) is 19.2. The van der Waals surface area contributed by atoms with E-state index in [1.165, 1.54) is 23.3 Å². The van der Waals surface area contributed by atoms with Gasteiger partial charge in [-0.05, 0) is 48.0 Å². The lowest BCUT2D eigenvalue weighted by atomic mass is 9.90. The van der Waals surface area contributed by atoms with Crippen molar-refractivity contribution in [2.45, 2.75) is 18.6 Å². The lowest BCUT2D eigenvalue weighted by Crippen LogP contribution is -2.41. The first-order chi connectivity index (χ1) is 14.0. The first-order valence-electron chi connectivity index (χ1n) is 9.10. The molecule has 5 nitrogen and oxygen atoms in total. The van der Waals surface area contributed by atoms with Crippen LogP contribution in [0.25, 0.3) is 6.08 Å². The Morgan fingerprint density at radius 3 is 2.66 bits per heavy atom. The molecule has 1 aromatic heterocycles. The van der Waals surface area contributed by atoms with E-state index in [1.807, 2.05) is 30.3 Å². The third-order valence-corrected chi connectivity index (χ3v) is 5.12. The summed E-state index contributed by atoms with van der Waals surface area (Å²) >= 11 is 6.12. The van der Waals surface area contributed by atoms with Crippen molar-refractivity contribution in [2.75, 3.05) is 4.90 Å². The Hall–Kier alpha value is -3.15. The van der Waals surface area contributed by atoms with Gasteiger partial charge in [-0.15, -0.1) is 0 Å². The van der Waals surface area contributed by atoms with Crippen molar-refractivity contribution >= 4 is 35.1 Å². The van der Waals surface area contributed by atoms with Gasteiger partial charge in [0.2, 0.25) is 0 Å². The fraction of sp³-hybridized carbons (Fsp3) is 0.130. The van der Waals surface area contributed by atoms with E-state index in [0.717, 1.165) is 5.56 Å². The minimum absolute atomic E-state index is 0.285. The topological polar surface area (TPSA) is 70.7 Å². The summed E-state index contributed by atoms with van der Waals surface area (Å²) in [5, 5.41) is 11.7. The van der Waals surface area contributed by atoms with Crippen LogP contribution in [0.5, 0.6) is 0 Å². The normalized spacial score (nSPS) is 18.4. The molecule has 146 valence electrons. The Kier molecular flexibility index (Phi) is 5.09. The average molecular weight is 408 g/mol. The van der Waals surface area contributed by atoms with E-state index in [4.69, 9.17) is 16.0 Å². The molecule has 0 saturated carbocycles. The molecule has 0 fully saturated rings. The van der Waals surface area contributed by atoms with Crippen LogP contribution in [0.2, 0.25) is 5.02 Å². The van der Waals surface area contributed by atoms with Gasteiger partial charge in [-0.2, -0.15) is 0 Å². The van der Waals surface area contributed by atoms with E-state index >= 15 is 0 Å². The molecule has 0 spiro atoms. The lowest BCUT2D eigenvalue weighted by Gasteiger charge is -2.22. The van der Waals surface area contributed by atoms with Crippen molar-refractivity contribution in [1.82, 2.24) is 0 Å². The molecule has 2 heterocycles. The highest BCUT2D eigenvalue weighted by atomic mass is 35.5. The average Bonchev–Trinajstić information content (AvgIpc) is 3.30. The second-order valence-corrected chi connectivity index (χ2v) is 7.33. The third kappa shape index (κ3) is 3.75. The number of nitrogens with zero attached hydrogens (tertiary/aromatic N) is 1. The van der Waals surface area contributed by atoms with Gasteiger partial charge in [-0.3, -0.25) is 9.59 Å². The molecule has 1 atom stereocenters. The Morgan fingerprint density at radius 2 is 1.93 bits per heavy atom. The molecule has 1 amide bonds. The van der Waals surface area contributed by atoms with Gasteiger partial charge in [0.15, 0.2) is 11.4 Å². The quantitative estimate of drug-likeness (QED) is 0.617. The molecular formula is C23H18ClNO4. The summed E-state index contributed by atoms with van der Waals surface area (Å²) in [6, 6.07) is 17.8. The van der Waals surface area contributed by atoms with Gasteiger partial charge in [-0.1, -0.05) is 41.9 Å². The number of benzene rings is 2. The van der Waals surface area contributed by atoms with Crippen LogP contribution < -0.4 is 4.90 Å². The number of aliphatic hydroxyl groups is 1. The van der Waals surface area contributed by atoms with Crippen LogP contribution in [-0.2, 0) is 21.7 Å². The first-order valence-corrected chi connectivity index (χ1v) is 9.48. The Bertz CT molecular complexity index is 1080.